The first-order chi connectivity index (χ1) is 9.63. The van der Waals surface area contributed by atoms with Gasteiger partial charge in [0.15, 0.2) is 0 Å². The highest BCUT2D eigenvalue weighted by atomic mass is 35.5. The van der Waals surface area contributed by atoms with Gasteiger partial charge >= 0.3 is 0 Å². The van der Waals surface area contributed by atoms with Gasteiger partial charge in [0.1, 0.15) is 5.82 Å². The summed E-state index contributed by atoms with van der Waals surface area (Å²) in [4.78, 5) is 11.7. The van der Waals surface area contributed by atoms with E-state index in [2.05, 4.69) is 5.32 Å². The lowest BCUT2D eigenvalue weighted by atomic mass is 9.88. The minimum atomic E-state index is -0.376. The Morgan fingerprint density at radius 3 is 2.55 bits per heavy atom. The van der Waals surface area contributed by atoms with Gasteiger partial charge in [-0.15, -0.1) is 0 Å². The van der Waals surface area contributed by atoms with E-state index in [1.807, 2.05) is 30.3 Å². The van der Waals surface area contributed by atoms with Crippen LogP contribution in [0.5, 0.6) is 0 Å². The molecule has 0 radical (unpaired) electrons. The molecule has 2 atom stereocenters. The molecule has 1 saturated heterocycles. The number of carbonyl (C=O) groups excluding carboxylic acids is 1. The van der Waals surface area contributed by atoms with E-state index in [0.29, 0.717) is 11.4 Å². The Morgan fingerprint density at radius 2 is 1.85 bits per heavy atom. The molecule has 0 saturated carbocycles. The Bertz CT molecular complexity index is 624. The summed E-state index contributed by atoms with van der Waals surface area (Å²) in [5, 5.41) is 3.31. The summed E-state index contributed by atoms with van der Waals surface area (Å²) in [7, 11) is 0. The van der Waals surface area contributed by atoms with Gasteiger partial charge in [-0.3, -0.25) is 4.79 Å². The van der Waals surface area contributed by atoms with Crippen molar-refractivity contribution in [2.45, 2.75) is 18.4 Å². The summed E-state index contributed by atoms with van der Waals surface area (Å²) < 4.78 is 13.5. The maximum atomic E-state index is 13.5. The van der Waals surface area contributed by atoms with Crippen molar-refractivity contribution in [1.29, 1.82) is 0 Å². The van der Waals surface area contributed by atoms with Crippen LogP contribution < -0.4 is 5.32 Å². The number of rotatable bonds is 2. The van der Waals surface area contributed by atoms with Crippen molar-refractivity contribution in [2.75, 3.05) is 0 Å². The average Bonchev–Trinajstić information content (AvgIpc) is 2.81. The summed E-state index contributed by atoms with van der Waals surface area (Å²) in [6, 6.07) is 14.0. The Kier molecular flexibility index (Phi) is 3.45. The van der Waals surface area contributed by atoms with Crippen molar-refractivity contribution < 1.29 is 9.18 Å². The Balaban J connectivity index is 2.00. The lowest BCUT2D eigenvalue weighted by molar-refractivity contribution is -0.119. The van der Waals surface area contributed by atoms with Crippen molar-refractivity contribution in [3.05, 3.63) is 70.5 Å². The van der Waals surface area contributed by atoms with Gasteiger partial charge in [-0.1, -0.05) is 41.9 Å². The van der Waals surface area contributed by atoms with E-state index in [0.717, 1.165) is 11.1 Å². The molecular weight excluding hydrogens is 277 g/mol. The van der Waals surface area contributed by atoms with Crippen LogP contribution in [0.25, 0.3) is 0 Å². The minimum absolute atomic E-state index is 0.0239. The number of carbonyl (C=O) groups is 1. The zero-order valence-electron chi connectivity index (χ0n) is 10.6. The van der Waals surface area contributed by atoms with Crippen LogP contribution in [0.2, 0.25) is 5.02 Å². The summed E-state index contributed by atoms with van der Waals surface area (Å²) in [6.45, 7) is 0. The van der Waals surface area contributed by atoms with Crippen LogP contribution in [0.1, 0.15) is 29.5 Å². The number of halogens is 2. The van der Waals surface area contributed by atoms with Gasteiger partial charge in [0.2, 0.25) is 5.91 Å². The van der Waals surface area contributed by atoms with E-state index in [1.54, 1.807) is 6.07 Å². The zero-order chi connectivity index (χ0) is 14.1. The van der Waals surface area contributed by atoms with Gasteiger partial charge in [-0.25, -0.2) is 4.39 Å². The molecule has 2 nitrogen and oxygen atoms in total. The quantitative estimate of drug-likeness (QED) is 0.894. The van der Waals surface area contributed by atoms with Gasteiger partial charge in [0.25, 0.3) is 0 Å². The molecule has 1 amide bonds. The number of hydrogen-bond acceptors (Lipinski definition) is 1. The number of amides is 1. The fourth-order valence-corrected chi connectivity index (χ4v) is 2.96. The van der Waals surface area contributed by atoms with Gasteiger partial charge in [0, 0.05) is 17.4 Å². The van der Waals surface area contributed by atoms with Crippen LogP contribution in [-0.2, 0) is 4.79 Å². The van der Waals surface area contributed by atoms with E-state index in [-0.39, 0.29) is 23.7 Å². The average molecular weight is 290 g/mol. The molecule has 0 spiro atoms. The smallest absolute Gasteiger partial charge is 0.221 e. The molecule has 0 aromatic heterocycles. The van der Waals surface area contributed by atoms with E-state index >= 15 is 0 Å². The summed E-state index contributed by atoms with van der Waals surface area (Å²) in [5.74, 6) is -0.499. The largest absolute Gasteiger partial charge is 0.349 e. The number of benzene rings is 2. The highest BCUT2D eigenvalue weighted by Crippen LogP contribution is 2.39. The van der Waals surface area contributed by atoms with E-state index < -0.39 is 0 Å². The molecular formula is C16H13ClFNO. The zero-order valence-corrected chi connectivity index (χ0v) is 11.4. The molecule has 1 aliphatic heterocycles. The standard InChI is InChI=1S/C16H13ClFNO/c17-12-6-11(7-13(18)8-12)14-9-15(20)19-16(14)10-4-2-1-3-5-10/h1-8,14,16H,9H2,(H,19,20). The normalized spacial score (nSPS) is 21.8. The molecule has 2 aromatic carbocycles. The Morgan fingerprint density at radius 1 is 1.10 bits per heavy atom. The van der Waals surface area contributed by atoms with Crippen molar-refractivity contribution in [1.82, 2.24) is 5.32 Å². The highest BCUT2D eigenvalue weighted by molar-refractivity contribution is 6.30. The van der Waals surface area contributed by atoms with Crippen molar-refractivity contribution in [3.63, 3.8) is 0 Å². The lowest BCUT2D eigenvalue weighted by Gasteiger charge is -2.20. The van der Waals surface area contributed by atoms with Crippen molar-refractivity contribution in [2.24, 2.45) is 0 Å². The molecule has 2 aromatic rings. The SMILES string of the molecule is O=C1CC(c2cc(F)cc(Cl)c2)C(c2ccccc2)N1. The third kappa shape index (κ3) is 2.54. The first kappa shape index (κ1) is 13.1. The van der Waals surface area contributed by atoms with Gasteiger partial charge in [-0.2, -0.15) is 0 Å². The van der Waals surface area contributed by atoms with Crippen LogP contribution in [0, 0.1) is 5.82 Å². The first-order valence-electron chi connectivity index (χ1n) is 6.44. The molecule has 4 heteroatoms. The monoisotopic (exact) mass is 289 g/mol. The van der Waals surface area contributed by atoms with Gasteiger partial charge < -0.3 is 5.32 Å². The Hall–Kier alpha value is -1.87. The van der Waals surface area contributed by atoms with E-state index in [1.165, 1.54) is 12.1 Å². The van der Waals surface area contributed by atoms with Crippen LogP contribution in [0.15, 0.2) is 48.5 Å². The molecule has 3 rings (SSSR count). The maximum absolute atomic E-state index is 13.5. The topological polar surface area (TPSA) is 29.1 Å². The van der Waals surface area contributed by atoms with Gasteiger partial charge in [-0.05, 0) is 29.3 Å². The second-order valence-electron chi connectivity index (χ2n) is 4.97. The molecule has 20 heavy (non-hydrogen) atoms. The molecule has 0 bridgehead atoms. The predicted molar refractivity (Wildman–Crippen MR) is 76.1 cm³/mol. The molecule has 1 fully saturated rings. The fraction of sp³-hybridized carbons (Fsp3) is 0.188. The molecule has 1 heterocycles. The lowest BCUT2D eigenvalue weighted by Crippen LogP contribution is -2.20. The second kappa shape index (κ2) is 5.25. The third-order valence-electron chi connectivity index (χ3n) is 3.60. The molecule has 2 unspecified atom stereocenters. The number of hydrogen-bond donors (Lipinski definition) is 1. The van der Waals surface area contributed by atoms with Crippen molar-refractivity contribution in [3.8, 4) is 0 Å². The van der Waals surface area contributed by atoms with Crippen LogP contribution >= 0.6 is 11.6 Å². The Labute approximate surface area is 121 Å². The molecule has 1 N–H and O–H groups in total. The second-order valence-corrected chi connectivity index (χ2v) is 5.41. The van der Waals surface area contributed by atoms with Crippen LogP contribution in [-0.4, -0.2) is 5.91 Å². The maximum Gasteiger partial charge on any atom is 0.221 e. The summed E-state index contributed by atoms with van der Waals surface area (Å²) >= 11 is 5.91. The molecule has 0 aliphatic carbocycles. The van der Waals surface area contributed by atoms with Crippen molar-refractivity contribution >= 4 is 17.5 Å². The highest BCUT2D eigenvalue weighted by Gasteiger charge is 2.34. The predicted octanol–water partition coefficient (Wildman–Crippen LogP) is 3.82. The van der Waals surface area contributed by atoms with Crippen LogP contribution in [0.3, 0.4) is 0 Å². The third-order valence-corrected chi connectivity index (χ3v) is 3.81. The number of nitrogens with one attached hydrogen (secondary N) is 1. The fourth-order valence-electron chi connectivity index (χ4n) is 2.73. The molecule has 1 aliphatic rings. The summed E-state index contributed by atoms with van der Waals surface area (Å²) in [5.41, 5.74) is 1.77. The van der Waals surface area contributed by atoms with Gasteiger partial charge in [0.05, 0.1) is 6.04 Å². The van der Waals surface area contributed by atoms with E-state index in [9.17, 15) is 9.18 Å². The van der Waals surface area contributed by atoms with E-state index in [4.69, 9.17) is 11.6 Å². The summed E-state index contributed by atoms with van der Waals surface area (Å²) in [6.07, 6.45) is 0.347. The minimum Gasteiger partial charge on any atom is -0.349 e. The molecule has 102 valence electrons. The van der Waals surface area contributed by atoms with Crippen LogP contribution in [0.4, 0.5) is 4.39 Å². The first-order valence-corrected chi connectivity index (χ1v) is 6.81.